The van der Waals surface area contributed by atoms with Gasteiger partial charge in [-0.2, -0.15) is 0 Å². The van der Waals surface area contributed by atoms with Gasteiger partial charge in [0.25, 0.3) is 0 Å². The number of aryl methyl sites for hydroxylation is 1. The van der Waals surface area contributed by atoms with E-state index in [1.165, 1.54) is 18.2 Å². The number of likely N-dealkylation sites (tertiary alicyclic amines) is 1. The molecule has 1 amide bonds. The summed E-state index contributed by atoms with van der Waals surface area (Å²) in [6.45, 7) is 6.75. The molecule has 1 aromatic carbocycles. The van der Waals surface area contributed by atoms with Crippen molar-refractivity contribution in [3.63, 3.8) is 0 Å². The second-order valence-electron chi connectivity index (χ2n) is 7.37. The van der Waals surface area contributed by atoms with Crippen molar-refractivity contribution < 1.29 is 9.53 Å². The molecule has 7 heteroatoms. The maximum absolute atomic E-state index is 11.5. The second kappa shape index (κ2) is 12.9. The number of hydrogen-bond acceptors (Lipinski definition) is 3. The normalized spacial score (nSPS) is 15.2. The summed E-state index contributed by atoms with van der Waals surface area (Å²) in [6, 6.07) is 9.26. The van der Waals surface area contributed by atoms with Crippen LogP contribution in [0, 0.1) is 0 Å². The van der Waals surface area contributed by atoms with E-state index in [1.54, 1.807) is 11.9 Å². The number of carbonyl (C=O) groups is 1. The predicted octanol–water partition coefficient (Wildman–Crippen LogP) is 3.76. The van der Waals surface area contributed by atoms with Crippen LogP contribution in [0.3, 0.4) is 0 Å². The zero-order valence-corrected chi connectivity index (χ0v) is 19.9. The molecule has 0 aromatic heterocycles. The molecule has 0 saturated carbocycles. The van der Waals surface area contributed by atoms with Gasteiger partial charge < -0.3 is 20.3 Å². The monoisotopic (exact) mass is 502 g/mol. The van der Waals surface area contributed by atoms with Crippen LogP contribution in [-0.2, 0) is 11.2 Å². The lowest BCUT2D eigenvalue weighted by Crippen LogP contribution is -2.49. The summed E-state index contributed by atoms with van der Waals surface area (Å²) >= 11 is 0. The summed E-state index contributed by atoms with van der Waals surface area (Å²) in [7, 11) is 3.22. The summed E-state index contributed by atoms with van der Waals surface area (Å²) in [6.07, 6.45) is 3.68. The Kier molecular flexibility index (Phi) is 11.3. The van der Waals surface area contributed by atoms with E-state index in [0.29, 0.717) is 25.0 Å². The SMILES string of the molecule is CN=C(NCCCc1ccc(C(C)C)cc1)NC1CCN(C(=O)OC)CC1.I. The van der Waals surface area contributed by atoms with Gasteiger partial charge in [-0.1, -0.05) is 38.1 Å². The number of carbonyl (C=O) groups excluding carboxylic acids is 1. The Balaban J connectivity index is 0.00000392. The van der Waals surface area contributed by atoms with Gasteiger partial charge in [0.15, 0.2) is 5.96 Å². The topological polar surface area (TPSA) is 66.0 Å². The number of nitrogens with one attached hydrogen (secondary N) is 2. The number of aliphatic imine (C=N–C) groups is 1. The zero-order valence-electron chi connectivity index (χ0n) is 17.5. The van der Waals surface area contributed by atoms with Crippen molar-refractivity contribution in [2.24, 2.45) is 4.99 Å². The van der Waals surface area contributed by atoms with E-state index in [9.17, 15) is 4.79 Å². The molecule has 2 rings (SSSR count). The Morgan fingerprint density at radius 1 is 1.25 bits per heavy atom. The summed E-state index contributed by atoms with van der Waals surface area (Å²) in [5.41, 5.74) is 2.76. The molecule has 2 N–H and O–H groups in total. The summed E-state index contributed by atoms with van der Waals surface area (Å²) in [5, 5.41) is 6.86. The molecular formula is C21H35IN4O2. The van der Waals surface area contributed by atoms with Crippen LogP contribution in [0.2, 0.25) is 0 Å². The van der Waals surface area contributed by atoms with Crippen molar-refractivity contribution in [1.82, 2.24) is 15.5 Å². The number of amides is 1. The molecule has 0 radical (unpaired) electrons. The Bertz CT molecular complexity index is 611. The lowest BCUT2D eigenvalue weighted by atomic mass is 10.0. The number of nitrogens with zero attached hydrogens (tertiary/aromatic N) is 2. The molecule has 1 fully saturated rings. The van der Waals surface area contributed by atoms with Gasteiger partial charge in [0.2, 0.25) is 0 Å². The van der Waals surface area contributed by atoms with Gasteiger partial charge in [-0.3, -0.25) is 4.99 Å². The quantitative estimate of drug-likeness (QED) is 0.269. The van der Waals surface area contributed by atoms with Crippen molar-refractivity contribution >= 4 is 36.0 Å². The molecule has 0 unspecified atom stereocenters. The fraction of sp³-hybridized carbons (Fsp3) is 0.619. The van der Waals surface area contributed by atoms with Crippen LogP contribution in [0.15, 0.2) is 29.3 Å². The van der Waals surface area contributed by atoms with Crippen LogP contribution in [0.25, 0.3) is 0 Å². The average Bonchev–Trinajstić information content (AvgIpc) is 2.70. The average molecular weight is 502 g/mol. The van der Waals surface area contributed by atoms with Gasteiger partial charge in [-0.05, 0) is 42.7 Å². The molecule has 0 bridgehead atoms. The lowest BCUT2D eigenvalue weighted by molar-refractivity contribution is 0.111. The number of hydrogen-bond donors (Lipinski definition) is 2. The zero-order chi connectivity index (χ0) is 19.6. The van der Waals surface area contributed by atoms with Crippen molar-refractivity contribution in [1.29, 1.82) is 0 Å². The first-order chi connectivity index (χ1) is 13.0. The summed E-state index contributed by atoms with van der Waals surface area (Å²) in [5.74, 6) is 1.41. The van der Waals surface area contributed by atoms with E-state index in [1.807, 2.05) is 0 Å². The van der Waals surface area contributed by atoms with E-state index in [0.717, 1.165) is 38.2 Å². The van der Waals surface area contributed by atoms with Crippen molar-refractivity contribution in [2.75, 3.05) is 33.8 Å². The number of methoxy groups -OCH3 is 1. The molecule has 0 aliphatic carbocycles. The Hall–Kier alpha value is -1.51. The minimum absolute atomic E-state index is 0. The van der Waals surface area contributed by atoms with Crippen molar-refractivity contribution in [3.8, 4) is 0 Å². The first-order valence-corrected chi connectivity index (χ1v) is 9.92. The smallest absolute Gasteiger partial charge is 0.409 e. The van der Waals surface area contributed by atoms with Crippen LogP contribution < -0.4 is 10.6 Å². The highest BCUT2D eigenvalue weighted by Crippen LogP contribution is 2.15. The number of benzene rings is 1. The van der Waals surface area contributed by atoms with Gasteiger partial charge in [-0.25, -0.2) is 4.79 Å². The lowest BCUT2D eigenvalue weighted by Gasteiger charge is -2.32. The molecule has 1 saturated heterocycles. The van der Waals surface area contributed by atoms with Gasteiger partial charge in [0, 0.05) is 32.7 Å². The van der Waals surface area contributed by atoms with Gasteiger partial charge in [0.05, 0.1) is 7.11 Å². The molecule has 6 nitrogen and oxygen atoms in total. The first kappa shape index (κ1) is 24.5. The number of rotatable bonds is 6. The number of guanidine groups is 1. The molecule has 158 valence electrons. The molecule has 28 heavy (non-hydrogen) atoms. The third-order valence-corrected chi connectivity index (χ3v) is 5.07. The molecular weight excluding hydrogens is 467 g/mol. The Labute approximate surface area is 186 Å². The van der Waals surface area contributed by atoms with Crippen LogP contribution in [0.5, 0.6) is 0 Å². The minimum atomic E-state index is -0.239. The highest BCUT2D eigenvalue weighted by Gasteiger charge is 2.23. The number of piperidine rings is 1. The van der Waals surface area contributed by atoms with Crippen LogP contribution in [-0.4, -0.2) is 56.8 Å². The van der Waals surface area contributed by atoms with Crippen LogP contribution in [0.4, 0.5) is 4.79 Å². The van der Waals surface area contributed by atoms with Gasteiger partial charge in [-0.15, -0.1) is 24.0 Å². The van der Waals surface area contributed by atoms with E-state index in [2.05, 4.69) is 53.7 Å². The minimum Gasteiger partial charge on any atom is -0.453 e. The van der Waals surface area contributed by atoms with Crippen LogP contribution >= 0.6 is 24.0 Å². The third-order valence-electron chi connectivity index (χ3n) is 5.07. The molecule has 0 spiro atoms. The van der Waals surface area contributed by atoms with E-state index in [4.69, 9.17) is 4.74 Å². The summed E-state index contributed by atoms with van der Waals surface area (Å²) < 4.78 is 4.78. The largest absolute Gasteiger partial charge is 0.453 e. The van der Waals surface area contributed by atoms with Crippen molar-refractivity contribution in [3.05, 3.63) is 35.4 Å². The standard InChI is InChI=1S/C21H34N4O2.HI/c1-16(2)18-9-7-17(8-10-18)6-5-13-23-20(22-3)24-19-11-14-25(15-12-19)21(26)27-4;/h7-10,16,19H,5-6,11-15H2,1-4H3,(H2,22,23,24);1H. The molecule has 1 aromatic rings. The predicted molar refractivity (Wildman–Crippen MR) is 126 cm³/mol. The van der Waals surface area contributed by atoms with Gasteiger partial charge >= 0.3 is 6.09 Å². The van der Waals surface area contributed by atoms with Crippen LogP contribution in [0.1, 0.15) is 50.2 Å². The van der Waals surface area contributed by atoms with E-state index < -0.39 is 0 Å². The molecule has 1 aliphatic heterocycles. The second-order valence-corrected chi connectivity index (χ2v) is 7.37. The fourth-order valence-corrected chi connectivity index (χ4v) is 3.29. The Morgan fingerprint density at radius 3 is 2.43 bits per heavy atom. The highest BCUT2D eigenvalue weighted by molar-refractivity contribution is 14.0. The number of ether oxygens (including phenoxy) is 1. The van der Waals surface area contributed by atoms with E-state index >= 15 is 0 Å². The summed E-state index contributed by atoms with van der Waals surface area (Å²) in [4.78, 5) is 17.6. The fourth-order valence-electron chi connectivity index (χ4n) is 3.29. The molecule has 1 aliphatic rings. The number of halogens is 1. The molecule has 0 atom stereocenters. The Morgan fingerprint density at radius 2 is 1.89 bits per heavy atom. The van der Waals surface area contributed by atoms with E-state index in [-0.39, 0.29) is 30.1 Å². The third kappa shape index (κ3) is 7.85. The maximum Gasteiger partial charge on any atom is 0.409 e. The highest BCUT2D eigenvalue weighted by atomic mass is 127. The first-order valence-electron chi connectivity index (χ1n) is 9.92. The van der Waals surface area contributed by atoms with Crippen molar-refractivity contribution in [2.45, 2.75) is 51.5 Å². The maximum atomic E-state index is 11.5. The van der Waals surface area contributed by atoms with Gasteiger partial charge in [0.1, 0.15) is 0 Å². The molecule has 1 heterocycles.